The van der Waals surface area contributed by atoms with E-state index in [0.717, 1.165) is 48.4 Å². The molecule has 3 aromatic rings. The van der Waals surface area contributed by atoms with Gasteiger partial charge in [0.1, 0.15) is 17.0 Å². The molecular formula is C22H26N4O3. The van der Waals surface area contributed by atoms with E-state index in [1.54, 1.807) is 0 Å². The Hall–Kier alpha value is -2.51. The SMILES string of the molecule is Cc1nc(N2CCC3(CC2)C[C@H](O)C[C@H](c2ccccc2)O3)c2c(C)noc2n1. The topological polar surface area (TPSA) is 84.5 Å². The van der Waals surface area contributed by atoms with Gasteiger partial charge in [0.2, 0.25) is 0 Å². The molecule has 0 unspecified atom stereocenters. The number of piperidine rings is 1. The summed E-state index contributed by atoms with van der Waals surface area (Å²) in [5, 5.41) is 15.5. The highest BCUT2D eigenvalue weighted by atomic mass is 16.5. The Bertz CT molecular complexity index is 1010. The molecule has 5 rings (SSSR count). The van der Waals surface area contributed by atoms with Crippen LogP contribution in [0.5, 0.6) is 0 Å². The first-order chi connectivity index (χ1) is 14.0. The number of aryl methyl sites for hydroxylation is 2. The molecule has 4 heterocycles. The van der Waals surface area contributed by atoms with Crippen molar-refractivity contribution < 1.29 is 14.4 Å². The summed E-state index contributed by atoms with van der Waals surface area (Å²) in [6.07, 6.45) is 2.65. The van der Waals surface area contributed by atoms with E-state index in [-0.39, 0.29) is 17.8 Å². The molecule has 7 nitrogen and oxygen atoms in total. The van der Waals surface area contributed by atoms with E-state index < -0.39 is 0 Å². The zero-order chi connectivity index (χ0) is 20.0. The smallest absolute Gasteiger partial charge is 0.263 e. The number of rotatable bonds is 2. The Labute approximate surface area is 169 Å². The van der Waals surface area contributed by atoms with Gasteiger partial charge in [-0.25, -0.2) is 4.98 Å². The van der Waals surface area contributed by atoms with Gasteiger partial charge < -0.3 is 19.3 Å². The molecule has 29 heavy (non-hydrogen) atoms. The predicted octanol–water partition coefficient (Wildman–Crippen LogP) is 3.49. The van der Waals surface area contributed by atoms with Gasteiger partial charge >= 0.3 is 0 Å². The van der Waals surface area contributed by atoms with Gasteiger partial charge in [0.05, 0.1) is 23.5 Å². The van der Waals surface area contributed by atoms with Gasteiger partial charge in [-0.3, -0.25) is 0 Å². The van der Waals surface area contributed by atoms with E-state index in [2.05, 4.69) is 27.2 Å². The number of anilines is 1. The van der Waals surface area contributed by atoms with Crippen molar-refractivity contribution in [2.45, 2.75) is 57.3 Å². The highest BCUT2D eigenvalue weighted by molar-refractivity contribution is 5.88. The molecule has 1 aromatic carbocycles. The molecule has 0 saturated carbocycles. The van der Waals surface area contributed by atoms with Gasteiger partial charge in [-0.05, 0) is 32.3 Å². The van der Waals surface area contributed by atoms with Crippen LogP contribution in [0, 0.1) is 13.8 Å². The summed E-state index contributed by atoms with van der Waals surface area (Å²) in [7, 11) is 0. The fourth-order valence-electron chi connectivity index (χ4n) is 4.78. The van der Waals surface area contributed by atoms with E-state index in [0.29, 0.717) is 24.4 Å². The fourth-order valence-corrected chi connectivity index (χ4v) is 4.78. The minimum atomic E-state index is -0.339. The normalized spacial score (nSPS) is 24.3. The van der Waals surface area contributed by atoms with Crippen LogP contribution in [-0.4, -0.2) is 45.0 Å². The largest absolute Gasteiger partial charge is 0.393 e. The van der Waals surface area contributed by atoms with E-state index in [1.165, 1.54) is 0 Å². The van der Waals surface area contributed by atoms with E-state index in [4.69, 9.17) is 14.2 Å². The Morgan fingerprint density at radius 3 is 2.62 bits per heavy atom. The number of aromatic nitrogens is 3. The van der Waals surface area contributed by atoms with Crippen molar-refractivity contribution in [1.29, 1.82) is 0 Å². The molecule has 2 fully saturated rings. The molecule has 0 aliphatic carbocycles. The zero-order valence-electron chi connectivity index (χ0n) is 16.8. The number of aliphatic hydroxyl groups is 1. The Balaban J connectivity index is 1.38. The van der Waals surface area contributed by atoms with Crippen LogP contribution in [0.15, 0.2) is 34.9 Å². The van der Waals surface area contributed by atoms with Crippen molar-refractivity contribution in [3.8, 4) is 0 Å². The van der Waals surface area contributed by atoms with Crippen LogP contribution in [0.25, 0.3) is 11.1 Å². The summed E-state index contributed by atoms with van der Waals surface area (Å²) in [4.78, 5) is 11.3. The van der Waals surface area contributed by atoms with Gasteiger partial charge in [-0.15, -0.1) is 0 Å². The number of aliphatic hydroxyl groups excluding tert-OH is 1. The fraction of sp³-hybridized carbons (Fsp3) is 0.500. The third-order valence-corrected chi connectivity index (χ3v) is 6.23. The van der Waals surface area contributed by atoms with Crippen LogP contribution in [-0.2, 0) is 4.74 Å². The molecule has 1 N–H and O–H groups in total. The van der Waals surface area contributed by atoms with Crippen molar-refractivity contribution in [2.75, 3.05) is 18.0 Å². The van der Waals surface area contributed by atoms with E-state index in [1.807, 2.05) is 32.0 Å². The highest BCUT2D eigenvalue weighted by Crippen LogP contribution is 2.44. The maximum Gasteiger partial charge on any atom is 0.263 e. The van der Waals surface area contributed by atoms with Crippen molar-refractivity contribution in [3.63, 3.8) is 0 Å². The highest BCUT2D eigenvalue weighted by Gasteiger charge is 2.44. The number of benzene rings is 1. The third-order valence-electron chi connectivity index (χ3n) is 6.23. The van der Waals surface area contributed by atoms with Crippen molar-refractivity contribution >= 4 is 16.9 Å². The first-order valence-electron chi connectivity index (χ1n) is 10.3. The lowest BCUT2D eigenvalue weighted by atomic mass is 9.81. The molecule has 0 radical (unpaired) electrons. The molecule has 7 heteroatoms. The predicted molar refractivity (Wildman–Crippen MR) is 109 cm³/mol. The van der Waals surface area contributed by atoms with Crippen LogP contribution in [0.1, 0.15) is 48.9 Å². The molecule has 0 amide bonds. The van der Waals surface area contributed by atoms with Crippen LogP contribution < -0.4 is 4.90 Å². The maximum absolute atomic E-state index is 10.6. The van der Waals surface area contributed by atoms with Crippen molar-refractivity contribution in [2.24, 2.45) is 0 Å². The first-order valence-corrected chi connectivity index (χ1v) is 10.3. The second-order valence-electron chi connectivity index (χ2n) is 8.32. The van der Waals surface area contributed by atoms with E-state index in [9.17, 15) is 5.11 Å². The number of ether oxygens (including phenoxy) is 1. The number of nitrogens with zero attached hydrogens (tertiary/aromatic N) is 4. The Kier molecular flexibility index (Phi) is 4.52. The first kappa shape index (κ1) is 18.5. The Morgan fingerprint density at radius 2 is 1.86 bits per heavy atom. The van der Waals surface area contributed by atoms with Gasteiger partial charge in [0.15, 0.2) is 0 Å². The van der Waals surface area contributed by atoms with Crippen LogP contribution in [0.2, 0.25) is 0 Å². The summed E-state index contributed by atoms with van der Waals surface area (Å²) in [5.74, 6) is 1.56. The molecule has 2 aliphatic heterocycles. The molecule has 2 saturated heterocycles. The van der Waals surface area contributed by atoms with Gasteiger partial charge in [-0.1, -0.05) is 35.5 Å². The quantitative estimate of drug-likeness (QED) is 0.712. The van der Waals surface area contributed by atoms with Gasteiger partial charge in [0, 0.05) is 25.9 Å². The van der Waals surface area contributed by atoms with E-state index >= 15 is 0 Å². The monoisotopic (exact) mass is 394 g/mol. The van der Waals surface area contributed by atoms with Crippen LogP contribution in [0.4, 0.5) is 5.82 Å². The molecule has 1 spiro atoms. The van der Waals surface area contributed by atoms with Crippen LogP contribution >= 0.6 is 0 Å². The number of fused-ring (bicyclic) bond motifs is 1. The molecule has 152 valence electrons. The average molecular weight is 394 g/mol. The molecule has 2 atom stereocenters. The summed E-state index contributed by atoms with van der Waals surface area (Å²) in [6, 6.07) is 10.2. The average Bonchev–Trinajstić information content (AvgIpc) is 3.09. The minimum absolute atomic E-state index is 0.0557. The summed E-state index contributed by atoms with van der Waals surface area (Å²) < 4.78 is 12.0. The zero-order valence-corrected chi connectivity index (χ0v) is 16.8. The molecule has 2 aromatic heterocycles. The maximum atomic E-state index is 10.6. The van der Waals surface area contributed by atoms with Crippen molar-refractivity contribution in [1.82, 2.24) is 15.1 Å². The second-order valence-corrected chi connectivity index (χ2v) is 8.32. The lowest BCUT2D eigenvalue weighted by Crippen LogP contribution is -2.51. The van der Waals surface area contributed by atoms with Gasteiger partial charge in [-0.2, -0.15) is 4.98 Å². The molecular weight excluding hydrogens is 368 g/mol. The second kappa shape index (κ2) is 7.07. The lowest BCUT2D eigenvalue weighted by Gasteiger charge is -2.48. The number of hydrogen-bond donors (Lipinski definition) is 1. The Morgan fingerprint density at radius 1 is 1.10 bits per heavy atom. The lowest BCUT2D eigenvalue weighted by molar-refractivity contribution is -0.173. The van der Waals surface area contributed by atoms with Crippen LogP contribution in [0.3, 0.4) is 0 Å². The molecule has 2 aliphatic rings. The summed E-state index contributed by atoms with van der Waals surface area (Å²) in [6.45, 7) is 5.41. The summed E-state index contributed by atoms with van der Waals surface area (Å²) >= 11 is 0. The molecule has 0 bridgehead atoms. The van der Waals surface area contributed by atoms with Crippen molar-refractivity contribution in [3.05, 3.63) is 47.4 Å². The third kappa shape index (κ3) is 3.38. The minimum Gasteiger partial charge on any atom is -0.393 e. The van der Waals surface area contributed by atoms with Gasteiger partial charge in [0.25, 0.3) is 5.71 Å². The number of hydrogen-bond acceptors (Lipinski definition) is 7. The summed E-state index contributed by atoms with van der Waals surface area (Å²) in [5.41, 5.74) is 2.20. The standard InChI is InChI=1S/C22H26N4O3/c1-14-19-20(23-15(2)24-21(19)29-25-14)26-10-8-22(9-11-26)13-17(27)12-18(28-22)16-6-4-3-5-7-16/h3-7,17-18,27H,8-13H2,1-2H3/t17-,18-/m1/s1.